The minimum Gasteiger partial charge on any atom is -0.399 e. The number of anilines is 1. The van der Waals surface area contributed by atoms with Gasteiger partial charge in [0.15, 0.2) is 11.6 Å². The molecule has 0 aliphatic carbocycles. The van der Waals surface area contributed by atoms with Crippen LogP contribution in [0.3, 0.4) is 0 Å². The fraction of sp³-hybridized carbons (Fsp3) is 0.318. The number of aryl methyl sites for hydroxylation is 1. The average molecular weight is 393 g/mol. The molecule has 2 N–H and O–H groups in total. The molecule has 3 rings (SSSR count). The van der Waals surface area contributed by atoms with Crippen LogP contribution in [0.4, 0.5) is 11.5 Å². The van der Waals surface area contributed by atoms with E-state index in [1.165, 1.54) is 0 Å². The number of rotatable bonds is 6. The van der Waals surface area contributed by atoms with Gasteiger partial charge in [0.1, 0.15) is 0 Å². The molecule has 1 aliphatic rings. The summed E-state index contributed by atoms with van der Waals surface area (Å²) in [6.45, 7) is 12.8. The van der Waals surface area contributed by atoms with Gasteiger partial charge in [-0.3, -0.25) is 4.99 Å². The molecule has 7 heteroatoms. The monoisotopic (exact) mass is 392 g/mol. The van der Waals surface area contributed by atoms with Crippen LogP contribution in [0.15, 0.2) is 65.5 Å². The van der Waals surface area contributed by atoms with Gasteiger partial charge < -0.3 is 15.4 Å². The lowest BCUT2D eigenvalue weighted by molar-refractivity contribution is 0.122. The quantitative estimate of drug-likeness (QED) is 0.601. The second-order valence-corrected chi connectivity index (χ2v) is 6.82. The van der Waals surface area contributed by atoms with Gasteiger partial charge in [-0.1, -0.05) is 24.8 Å². The van der Waals surface area contributed by atoms with Gasteiger partial charge in [-0.2, -0.15) is 0 Å². The topological polar surface area (TPSA) is 81.6 Å². The average Bonchev–Trinajstić information content (AvgIpc) is 3.20. The molecule has 29 heavy (non-hydrogen) atoms. The van der Waals surface area contributed by atoms with Crippen LogP contribution in [0.5, 0.6) is 0 Å². The summed E-state index contributed by atoms with van der Waals surface area (Å²) in [4.78, 5) is 11.6. The lowest BCUT2D eigenvalue weighted by Crippen LogP contribution is -2.36. The smallest absolute Gasteiger partial charge is 0.153 e. The van der Waals surface area contributed by atoms with Crippen molar-refractivity contribution in [3.8, 4) is 5.82 Å². The highest BCUT2D eigenvalue weighted by Crippen LogP contribution is 2.22. The Morgan fingerprint density at radius 3 is 2.66 bits per heavy atom. The number of morpholine rings is 1. The molecule has 2 aromatic rings. The normalized spacial score (nSPS) is 15.9. The number of nitrogens with zero attached hydrogens (tertiary/aromatic N) is 5. The summed E-state index contributed by atoms with van der Waals surface area (Å²) in [6, 6.07) is 5.87. The van der Waals surface area contributed by atoms with Gasteiger partial charge in [0.2, 0.25) is 0 Å². The van der Waals surface area contributed by atoms with Crippen molar-refractivity contribution in [2.24, 2.45) is 10.7 Å². The largest absolute Gasteiger partial charge is 0.399 e. The van der Waals surface area contributed by atoms with Crippen molar-refractivity contribution >= 4 is 17.2 Å². The number of ether oxygens (including phenoxy) is 1. The molecule has 7 nitrogen and oxygen atoms in total. The summed E-state index contributed by atoms with van der Waals surface area (Å²) < 4.78 is 7.19. The third kappa shape index (κ3) is 5.00. The Bertz CT molecular complexity index is 963. The molecule has 0 aromatic carbocycles. The summed E-state index contributed by atoms with van der Waals surface area (Å²) in [5.41, 5.74) is 9.62. The van der Waals surface area contributed by atoms with Gasteiger partial charge in [-0.15, -0.1) is 5.10 Å². The number of allylic oxidation sites excluding steroid dienone is 4. The van der Waals surface area contributed by atoms with Gasteiger partial charge in [-0.25, -0.2) is 9.67 Å². The first-order valence-electron chi connectivity index (χ1n) is 9.69. The molecule has 152 valence electrons. The number of hydrogen-bond donors (Lipinski definition) is 1. The van der Waals surface area contributed by atoms with E-state index in [2.05, 4.69) is 21.6 Å². The van der Waals surface area contributed by atoms with Crippen molar-refractivity contribution in [1.82, 2.24) is 14.8 Å². The molecule has 3 heterocycles. The number of hydrogen-bond acceptors (Lipinski definition) is 6. The first-order valence-corrected chi connectivity index (χ1v) is 9.69. The number of nitrogens with two attached hydrogens (primary N) is 1. The first-order chi connectivity index (χ1) is 14.0. The zero-order chi connectivity index (χ0) is 20.8. The highest BCUT2D eigenvalue weighted by molar-refractivity contribution is 6.03. The van der Waals surface area contributed by atoms with Gasteiger partial charge in [-0.05, 0) is 32.9 Å². The summed E-state index contributed by atoms with van der Waals surface area (Å²) in [5, 5.41) is 4.66. The molecule has 0 unspecified atom stereocenters. The van der Waals surface area contributed by atoms with E-state index in [0.717, 1.165) is 60.6 Å². The molecule has 1 saturated heterocycles. The van der Waals surface area contributed by atoms with Gasteiger partial charge in [0.05, 0.1) is 24.6 Å². The van der Waals surface area contributed by atoms with E-state index in [1.807, 2.05) is 63.4 Å². The lowest BCUT2D eigenvalue weighted by atomic mass is 10.1. The Morgan fingerprint density at radius 1 is 1.24 bits per heavy atom. The summed E-state index contributed by atoms with van der Waals surface area (Å²) in [5.74, 6) is 1.69. The van der Waals surface area contributed by atoms with Gasteiger partial charge in [0, 0.05) is 42.3 Å². The molecule has 0 saturated carbocycles. The van der Waals surface area contributed by atoms with Crippen LogP contribution in [0.2, 0.25) is 0 Å². The standard InChI is InChI=1S/C22H28N6O/c1-5-6-7-19(16(2)23)17(3)24-20-8-9-21(25-18(20)4)28-11-10-22(26-28)27-12-14-29-15-13-27/h5-11H,2,12-15,23H2,1,3-4H3/b6-5-,19-7+,24-17?. The minimum atomic E-state index is 0.485. The molecule has 0 spiro atoms. The Hall–Kier alpha value is -3.19. The van der Waals surface area contributed by atoms with Crippen LogP contribution < -0.4 is 10.6 Å². The van der Waals surface area contributed by atoms with Crippen molar-refractivity contribution in [3.05, 3.63) is 66.2 Å². The van der Waals surface area contributed by atoms with Crippen LogP contribution in [0, 0.1) is 6.92 Å². The second-order valence-electron chi connectivity index (χ2n) is 6.82. The van der Waals surface area contributed by atoms with Crippen LogP contribution in [0.25, 0.3) is 5.82 Å². The van der Waals surface area contributed by atoms with Crippen molar-refractivity contribution < 1.29 is 4.74 Å². The lowest BCUT2D eigenvalue weighted by Gasteiger charge is -2.26. The summed E-state index contributed by atoms with van der Waals surface area (Å²) in [6.07, 6.45) is 7.70. The van der Waals surface area contributed by atoms with E-state index < -0.39 is 0 Å². The van der Waals surface area contributed by atoms with Crippen LogP contribution in [-0.4, -0.2) is 46.8 Å². The van der Waals surface area contributed by atoms with Crippen LogP contribution in [-0.2, 0) is 4.74 Å². The van der Waals surface area contributed by atoms with Crippen LogP contribution >= 0.6 is 0 Å². The Balaban J connectivity index is 1.83. The highest BCUT2D eigenvalue weighted by atomic mass is 16.5. The third-order valence-electron chi connectivity index (χ3n) is 4.67. The van der Waals surface area contributed by atoms with Crippen molar-refractivity contribution in [1.29, 1.82) is 0 Å². The Morgan fingerprint density at radius 2 is 2.00 bits per heavy atom. The van der Waals surface area contributed by atoms with E-state index in [1.54, 1.807) is 4.68 Å². The molecule has 2 aromatic heterocycles. The number of aromatic nitrogens is 3. The Labute approximate surface area is 171 Å². The minimum absolute atomic E-state index is 0.485. The van der Waals surface area contributed by atoms with Gasteiger partial charge >= 0.3 is 0 Å². The summed E-state index contributed by atoms with van der Waals surface area (Å²) in [7, 11) is 0. The maximum atomic E-state index is 5.92. The van der Waals surface area contributed by atoms with Crippen LogP contribution in [0.1, 0.15) is 19.5 Å². The fourth-order valence-electron chi connectivity index (χ4n) is 3.08. The number of aliphatic imine (C=N–C) groups is 1. The number of pyridine rings is 1. The fourth-order valence-corrected chi connectivity index (χ4v) is 3.08. The zero-order valence-electron chi connectivity index (χ0n) is 17.3. The van der Waals surface area contributed by atoms with Crippen molar-refractivity contribution in [2.75, 3.05) is 31.2 Å². The maximum Gasteiger partial charge on any atom is 0.153 e. The molecular formula is C22H28N6O. The molecule has 0 amide bonds. The third-order valence-corrected chi connectivity index (χ3v) is 4.67. The van der Waals surface area contributed by atoms with E-state index in [-0.39, 0.29) is 0 Å². The SMILES string of the molecule is C=C(N)/C(=C\C=C/C)C(C)=Nc1ccc(-n2ccc(N3CCOCC3)n2)nc1C. The van der Waals surface area contributed by atoms with Gasteiger partial charge in [0.25, 0.3) is 0 Å². The predicted molar refractivity (Wildman–Crippen MR) is 118 cm³/mol. The summed E-state index contributed by atoms with van der Waals surface area (Å²) >= 11 is 0. The first kappa shape index (κ1) is 20.5. The molecular weight excluding hydrogens is 364 g/mol. The van der Waals surface area contributed by atoms with E-state index >= 15 is 0 Å². The zero-order valence-corrected chi connectivity index (χ0v) is 17.3. The van der Waals surface area contributed by atoms with E-state index in [0.29, 0.717) is 5.70 Å². The molecule has 0 bridgehead atoms. The van der Waals surface area contributed by atoms with Crippen molar-refractivity contribution in [2.45, 2.75) is 20.8 Å². The second kappa shape index (κ2) is 9.34. The maximum absolute atomic E-state index is 5.92. The molecule has 0 atom stereocenters. The molecule has 1 aliphatic heterocycles. The molecule has 0 radical (unpaired) electrons. The molecule has 1 fully saturated rings. The Kier molecular flexibility index (Phi) is 6.61. The van der Waals surface area contributed by atoms with E-state index in [4.69, 9.17) is 15.5 Å². The predicted octanol–water partition coefficient (Wildman–Crippen LogP) is 3.48. The van der Waals surface area contributed by atoms with E-state index in [9.17, 15) is 0 Å². The highest BCUT2D eigenvalue weighted by Gasteiger charge is 2.14. The van der Waals surface area contributed by atoms with Crippen molar-refractivity contribution in [3.63, 3.8) is 0 Å².